The molecule has 1 fully saturated rings. The van der Waals surface area contributed by atoms with Gasteiger partial charge in [0, 0.05) is 42.7 Å². The number of benzene rings is 2. The highest BCUT2D eigenvalue weighted by atomic mass is 32.2. The molecule has 2 N–H and O–H groups in total. The molecule has 0 aliphatic carbocycles. The minimum atomic E-state index is -0.781. The van der Waals surface area contributed by atoms with E-state index in [1.54, 1.807) is 27.0 Å². The number of ether oxygens (including phenoxy) is 2. The van der Waals surface area contributed by atoms with Crippen molar-refractivity contribution in [1.82, 2.24) is 20.2 Å². The van der Waals surface area contributed by atoms with Crippen LogP contribution in [0.2, 0.25) is 0 Å². The molecule has 14 heteroatoms. The summed E-state index contributed by atoms with van der Waals surface area (Å²) in [7, 11) is 0. The van der Waals surface area contributed by atoms with Gasteiger partial charge in [-0.1, -0.05) is 11.8 Å². The van der Waals surface area contributed by atoms with Crippen molar-refractivity contribution in [3.8, 4) is 22.8 Å². The maximum atomic E-state index is 15.0. The molecule has 1 aliphatic heterocycles. The summed E-state index contributed by atoms with van der Waals surface area (Å²) in [6.45, 7) is 5.92. The van der Waals surface area contributed by atoms with Crippen LogP contribution in [0.5, 0.6) is 11.5 Å². The lowest BCUT2D eigenvalue weighted by molar-refractivity contribution is 0.00530. The highest BCUT2D eigenvalue weighted by Gasteiger charge is 2.35. The van der Waals surface area contributed by atoms with Crippen molar-refractivity contribution >= 4 is 35.4 Å². The lowest BCUT2D eigenvalue weighted by Gasteiger charge is -2.39. The minimum Gasteiger partial charge on any atom is -0.454 e. The van der Waals surface area contributed by atoms with Gasteiger partial charge in [0.15, 0.2) is 23.0 Å². The van der Waals surface area contributed by atoms with Gasteiger partial charge in [-0.2, -0.15) is 4.98 Å². The molecule has 0 atom stereocenters. The van der Waals surface area contributed by atoms with E-state index < -0.39 is 35.1 Å². The Balaban J connectivity index is 1.20. The summed E-state index contributed by atoms with van der Waals surface area (Å²) in [6.07, 6.45) is 2.63. The molecular formula is C31H29F2N5O6S. The lowest BCUT2D eigenvalue weighted by atomic mass is 10.1. The van der Waals surface area contributed by atoms with Crippen LogP contribution < -0.4 is 15.4 Å². The first-order valence-electron chi connectivity index (χ1n) is 13.7. The van der Waals surface area contributed by atoms with Crippen LogP contribution in [0.4, 0.5) is 19.3 Å². The molecule has 0 unspecified atom stereocenters. The second-order valence-electron chi connectivity index (χ2n) is 11.0. The van der Waals surface area contributed by atoms with E-state index >= 15 is 4.39 Å². The Hall–Kier alpha value is -4.98. The molecule has 0 spiro atoms. The molecule has 11 nitrogen and oxygen atoms in total. The number of nitrogens with zero attached hydrogens (tertiary/aromatic N) is 3. The molecule has 3 heterocycles. The topological polar surface area (TPSA) is 136 Å². The van der Waals surface area contributed by atoms with Crippen LogP contribution in [0.3, 0.4) is 0 Å². The highest BCUT2D eigenvalue weighted by molar-refractivity contribution is 7.98. The molecule has 2 aromatic heterocycles. The van der Waals surface area contributed by atoms with Crippen LogP contribution in [-0.4, -0.2) is 63.8 Å². The largest absolute Gasteiger partial charge is 0.454 e. The van der Waals surface area contributed by atoms with Gasteiger partial charge in [0.2, 0.25) is 0 Å². The molecule has 0 bridgehead atoms. The first-order valence-corrected chi connectivity index (χ1v) is 15.0. The van der Waals surface area contributed by atoms with Gasteiger partial charge in [0.05, 0.1) is 6.04 Å². The molecule has 45 heavy (non-hydrogen) atoms. The van der Waals surface area contributed by atoms with E-state index in [9.17, 15) is 18.8 Å². The van der Waals surface area contributed by atoms with E-state index in [4.69, 9.17) is 13.9 Å². The van der Waals surface area contributed by atoms with Gasteiger partial charge in [0.1, 0.15) is 22.9 Å². The molecule has 3 amide bonds. The number of rotatable bonds is 8. The van der Waals surface area contributed by atoms with Crippen LogP contribution in [0.15, 0.2) is 70.4 Å². The van der Waals surface area contributed by atoms with E-state index in [-0.39, 0.29) is 45.6 Å². The van der Waals surface area contributed by atoms with Crippen LogP contribution in [0, 0.1) is 11.6 Å². The predicted molar refractivity (Wildman–Crippen MR) is 161 cm³/mol. The average Bonchev–Trinajstić information content (AvgIpc) is 3.40. The number of oxazole rings is 1. The number of pyridine rings is 1. The maximum Gasteiger partial charge on any atom is 0.410 e. The Morgan fingerprint density at radius 2 is 1.76 bits per heavy atom. The summed E-state index contributed by atoms with van der Waals surface area (Å²) in [6, 6.07) is 11.8. The molecule has 4 aromatic rings. The van der Waals surface area contributed by atoms with Crippen molar-refractivity contribution in [3.05, 3.63) is 83.8 Å². The molecule has 5 rings (SSSR count). The average molecular weight is 638 g/mol. The van der Waals surface area contributed by atoms with Gasteiger partial charge in [-0.15, -0.1) is 0 Å². The zero-order chi connectivity index (χ0) is 32.3. The Labute approximate surface area is 261 Å². The predicted octanol–water partition coefficient (Wildman–Crippen LogP) is 6.13. The standard InChI is InChI=1S/C31H29F2N5O6S/c1-31(2,3)44-30(41)38-15-20(16-38)36-27(39)23-14-21(11-12-34-23)42-24-10-9-19(13-22(24)33)35-28(40)25-26(43-29(37-25)45-4)17-5-7-18(32)8-6-17/h5-14,20H,15-16H2,1-4H3,(H,35,40)(H,36,39). The Morgan fingerprint density at radius 3 is 2.42 bits per heavy atom. The Morgan fingerprint density at radius 1 is 1.02 bits per heavy atom. The van der Waals surface area contributed by atoms with E-state index in [0.717, 1.165) is 6.07 Å². The van der Waals surface area contributed by atoms with Gasteiger partial charge in [0.25, 0.3) is 17.0 Å². The number of thioether (sulfide) groups is 1. The van der Waals surface area contributed by atoms with Gasteiger partial charge < -0.3 is 29.4 Å². The number of aromatic nitrogens is 2. The first kappa shape index (κ1) is 31.4. The summed E-state index contributed by atoms with van der Waals surface area (Å²) in [5.74, 6) is -2.22. The molecule has 0 radical (unpaired) electrons. The van der Waals surface area contributed by atoms with Crippen molar-refractivity contribution in [2.24, 2.45) is 0 Å². The number of carbonyl (C=O) groups excluding carboxylic acids is 3. The van der Waals surface area contributed by atoms with Crippen molar-refractivity contribution < 1.29 is 37.1 Å². The fraction of sp³-hybridized carbons (Fsp3) is 0.258. The number of hydrogen-bond acceptors (Lipinski definition) is 9. The van der Waals surface area contributed by atoms with Crippen molar-refractivity contribution in [2.45, 2.75) is 37.6 Å². The number of likely N-dealkylation sites (tertiary alicyclic amines) is 1. The SMILES string of the molecule is CSc1nc(C(=O)Nc2ccc(Oc3ccnc(C(=O)NC4CN(C(=O)OC(C)(C)C)C4)c3)c(F)c2)c(-c2ccc(F)cc2)o1. The van der Waals surface area contributed by atoms with Crippen LogP contribution in [0.25, 0.3) is 11.3 Å². The van der Waals surface area contributed by atoms with E-state index in [0.29, 0.717) is 18.7 Å². The number of halogens is 2. The summed E-state index contributed by atoms with van der Waals surface area (Å²) in [5, 5.41) is 5.61. The number of hydrogen-bond donors (Lipinski definition) is 2. The van der Waals surface area contributed by atoms with Gasteiger partial charge >= 0.3 is 6.09 Å². The third kappa shape index (κ3) is 7.76. The van der Waals surface area contributed by atoms with Gasteiger partial charge in [-0.3, -0.25) is 14.6 Å². The number of amides is 3. The fourth-order valence-electron chi connectivity index (χ4n) is 4.22. The zero-order valence-corrected chi connectivity index (χ0v) is 25.5. The lowest BCUT2D eigenvalue weighted by Crippen LogP contribution is -2.61. The Bertz CT molecular complexity index is 1740. The third-order valence-corrected chi connectivity index (χ3v) is 6.88. The second-order valence-corrected chi connectivity index (χ2v) is 11.8. The van der Waals surface area contributed by atoms with Crippen LogP contribution >= 0.6 is 11.8 Å². The first-order chi connectivity index (χ1) is 21.4. The Kier molecular flexibility index (Phi) is 9.04. The van der Waals surface area contributed by atoms with E-state index in [1.807, 2.05) is 0 Å². The molecule has 2 aromatic carbocycles. The van der Waals surface area contributed by atoms with Crippen LogP contribution in [-0.2, 0) is 4.74 Å². The highest BCUT2D eigenvalue weighted by Crippen LogP contribution is 2.31. The maximum absolute atomic E-state index is 15.0. The van der Waals surface area contributed by atoms with E-state index in [2.05, 4.69) is 20.6 Å². The number of anilines is 1. The zero-order valence-electron chi connectivity index (χ0n) is 24.7. The summed E-state index contributed by atoms with van der Waals surface area (Å²) < 4.78 is 45.1. The molecule has 1 saturated heterocycles. The molecule has 1 aliphatic rings. The fourth-order valence-corrected chi connectivity index (χ4v) is 4.57. The second kappa shape index (κ2) is 12.9. The van der Waals surface area contributed by atoms with Crippen molar-refractivity contribution in [2.75, 3.05) is 24.7 Å². The van der Waals surface area contributed by atoms with E-state index in [1.165, 1.54) is 71.4 Å². The number of carbonyl (C=O) groups is 3. The third-order valence-electron chi connectivity index (χ3n) is 6.35. The van der Waals surface area contributed by atoms with Crippen molar-refractivity contribution in [3.63, 3.8) is 0 Å². The number of nitrogens with one attached hydrogen (secondary N) is 2. The minimum absolute atomic E-state index is 0.0432. The molecule has 234 valence electrons. The van der Waals surface area contributed by atoms with Crippen molar-refractivity contribution in [1.29, 1.82) is 0 Å². The monoisotopic (exact) mass is 637 g/mol. The normalized spacial score (nSPS) is 13.2. The van der Waals surface area contributed by atoms with Gasteiger partial charge in [-0.05, 0) is 69.5 Å². The van der Waals surface area contributed by atoms with Crippen LogP contribution in [0.1, 0.15) is 41.7 Å². The quantitative estimate of drug-likeness (QED) is 0.219. The summed E-state index contributed by atoms with van der Waals surface area (Å²) in [5.41, 5.74) is -0.0460. The molecule has 0 saturated carbocycles. The summed E-state index contributed by atoms with van der Waals surface area (Å²) >= 11 is 1.19. The summed E-state index contributed by atoms with van der Waals surface area (Å²) in [4.78, 5) is 47.6. The van der Waals surface area contributed by atoms with Gasteiger partial charge in [-0.25, -0.2) is 13.6 Å². The smallest absolute Gasteiger partial charge is 0.410 e. The molecular weight excluding hydrogens is 608 g/mol.